The first-order valence-electron chi connectivity index (χ1n) is 12.9. The number of nitrogen functional groups attached to an aromatic ring is 1. The number of carbonyl (C=O) groups is 1. The number of aromatic nitrogens is 4. The molecule has 5 N–H and O–H groups in total. The molecule has 37 heavy (non-hydrogen) atoms. The lowest BCUT2D eigenvalue weighted by Crippen LogP contribution is -2.32. The summed E-state index contributed by atoms with van der Waals surface area (Å²) in [5.41, 5.74) is 9.60. The Balaban J connectivity index is 0.00000186. The molecule has 2 atom stereocenters. The van der Waals surface area contributed by atoms with Crippen molar-refractivity contribution in [3.8, 4) is 0 Å². The second-order valence-electron chi connectivity index (χ2n) is 10.7. The monoisotopic (exact) mass is 510 g/mol. The first kappa shape index (κ1) is 28.3. The van der Waals surface area contributed by atoms with Crippen LogP contribution in [0.3, 0.4) is 0 Å². The van der Waals surface area contributed by atoms with Crippen LogP contribution < -0.4 is 16.4 Å². The van der Waals surface area contributed by atoms with Crippen molar-refractivity contribution >= 4 is 28.7 Å². The SMILES string of the molecule is CN(CCCNC(=O)Nc1ccc(C(C)(C)C)cc1)CC1CCC(n2cnc3c(N)ncnc32)C1.CO. The van der Waals surface area contributed by atoms with E-state index in [0.717, 1.165) is 50.8 Å². The Labute approximate surface area is 219 Å². The van der Waals surface area contributed by atoms with Gasteiger partial charge in [-0.25, -0.2) is 19.7 Å². The number of nitrogens with two attached hydrogens (primary N) is 1. The van der Waals surface area contributed by atoms with Crippen molar-refractivity contribution in [2.75, 3.05) is 44.8 Å². The summed E-state index contributed by atoms with van der Waals surface area (Å²) >= 11 is 0. The molecule has 1 fully saturated rings. The second kappa shape index (κ2) is 12.8. The predicted octanol–water partition coefficient (Wildman–Crippen LogP) is 3.80. The quantitative estimate of drug-likeness (QED) is 0.339. The zero-order valence-electron chi connectivity index (χ0n) is 22.7. The van der Waals surface area contributed by atoms with Crippen molar-refractivity contribution in [3.05, 3.63) is 42.5 Å². The van der Waals surface area contributed by atoms with E-state index in [9.17, 15) is 4.79 Å². The Hall–Kier alpha value is -3.24. The van der Waals surface area contributed by atoms with Gasteiger partial charge in [-0.15, -0.1) is 0 Å². The van der Waals surface area contributed by atoms with Gasteiger partial charge in [-0.05, 0) is 68.3 Å². The number of hydrogen-bond acceptors (Lipinski definition) is 7. The fourth-order valence-corrected chi connectivity index (χ4v) is 4.92. The molecule has 1 aliphatic carbocycles. The number of nitrogens with zero attached hydrogens (tertiary/aromatic N) is 5. The third-order valence-corrected chi connectivity index (χ3v) is 6.87. The lowest BCUT2D eigenvalue weighted by atomic mass is 9.87. The molecule has 0 aliphatic heterocycles. The molecule has 0 saturated heterocycles. The van der Waals surface area contributed by atoms with Crippen molar-refractivity contribution in [3.63, 3.8) is 0 Å². The van der Waals surface area contributed by atoms with E-state index in [0.29, 0.717) is 29.8 Å². The molecule has 1 saturated carbocycles. The maximum absolute atomic E-state index is 12.2. The molecule has 4 rings (SSSR count). The summed E-state index contributed by atoms with van der Waals surface area (Å²) in [6, 6.07) is 8.28. The van der Waals surface area contributed by atoms with Crippen LogP contribution in [0.4, 0.5) is 16.3 Å². The van der Waals surface area contributed by atoms with E-state index in [1.807, 2.05) is 18.5 Å². The molecule has 0 spiro atoms. The zero-order chi connectivity index (χ0) is 27.0. The van der Waals surface area contributed by atoms with Crippen LogP contribution in [0.5, 0.6) is 0 Å². The molecule has 10 nitrogen and oxygen atoms in total. The van der Waals surface area contributed by atoms with Crippen LogP contribution in [-0.4, -0.2) is 69.3 Å². The van der Waals surface area contributed by atoms with Crippen molar-refractivity contribution in [2.45, 2.75) is 57.9 Å². The van der Waals surface area contributed by atoms with E-state index in [4.69, 9.17) is 10.8 Å². The second-order valence-corrected chi connectivity index (χ2v) is 10.7. The van der Waals surface area contributed by atoms with Gasteiger partial charge in [-0.2, -0.15) is 0 Å². The smallest absolute Gasteiger partial charge is 0.319 e. The topological polar surface area (TPSA) is 134 Å². The number of nitrogens with one attached hydrogen (secondary N) is 2. The van der Waals surface area contributed by atoms with Gasteiger partial charge in [0, 0.05) is 31.9 Å². The molecule has 0 bridgehead atoms. The molecule has 202 valence electrons. The standard InChI is InChI=1S/C26H38N8O.CH4O/c1-26(2,3)19-7-9-20(10-8-19)32-25(35)28-12-5-13-33(4)15-18-6-11-21(14-18)34-17-31-22-23(27)29-16-30-24(22)34;1-2/h7-10,16-18,21H,5-6,11-15H2,1-4H3,(H2,27,29,30)(H2,28,32,35);2H,1H3. The largest absolute Gasteiger partial charge is 0.400 e. The molecular weight excluding hydrogens is 468 g/mol. The van der Waals surface area contributed by atoms with Crippen molar-refractivity contribution in [2.24, 2.45) is 5.92 Å². The molecule has 1 aromatic carbocycles. The summed E-state index contributed by atoms with van der Waals surface area (Å²) < 4.78 is 2.16. The number of benzene rings is 1. The zero-order valence-corrected chi connectivity index (χ0v) is 22.7. The van der Waals surface area contributed by atoms with Crippen LogP contribution in [0, 0.1) is 5.92 Å². The predicted molar refractivity (Wildman–Crippen MR) is 149 cm³/mol. The van der Waals surface area contributed by atoms with E-state index in [2.05, 4.69) is 75.0 Å². The molecule has 2 amide bonds. The normalized spacial score (nSPS) is 17.5. The van der Waals surface area contributed by atoms with Gasteiger partial charge < -0.3 is 30.9 Å². The van der Waals surface area contributed by atoms with E-state index >= 15 is 0 Å². The summed E-state index contributed by atoms with van der Waals surface area (Å²) in [6.07, 6.45) is 7.67. The number of aliphatic hydroxyl groups excluding tert-OH is 1. The Morgan fingerprint density at radius 1 is 1.16 bits per heavy atom. The molecule has 2 unspecified atom stereocenters. The summed E-state index contributed by atoms with van der Waals surface area (Å²) in [6.45, 7) is 9.17. The number of rotatable bonds is 8. The van der Waals surface area contributed by atoms with E-state index in [1.54, 1.807) is 0 Å². The summed E-state index contributed by atoms with van der Waals surface area (Å²) in [7, 11) is 3.16. The van der Waals surface area contributed by atoms with Crippen LogP contribution in [0.15, 0.2) is 36.9 Å². The van der Waals surface area contributed by atoms with Crippen LogP contribution in [0.2, 0.25) is 0 Å². The minimum absolute atomic E-state index is 0.101. The van der Waals surface area contributed by atoms with Gasteiger partial charge >= 0.3 is 6.03 Å². The Kier molecular flexibility index (Phi) is 9.82. The van der Waals surface area contributed by atoms with Crippen molar-refractivity contribution < 1.29 is 9.90 Å². The van der Waals surface area contributed by atoms with Gasteiger partial charge in [0.25, 0.3) is 0 Å². The van der Waals surface area contributed by atoms with Gasteiger partial charge in [0.15, 0.2) is 11.5 Å². The number of urea groups is 1. The molecule has 10 heteroatoms. The molecule has 3 aromatic rings. The highest BCUT2D eigenvalue weighted by Crippen LogP contribution is 2.36. The number of aliphatic hydroxyl groups is 1. The Morgan fingerprint density at radius 3 is 2.59 bits per heavy atom. The molecule has 0 radical (unpaired) electrons. The summed E-state index contributed by atoms with van der Waals surface area (Å²) in [4.78, 5) is 27.4. The highest BCUT2D eigenvalue weighted by molar-refractivity contribution is 5.89. The van der Waals surface area contributed by atoms with Crippen LogP contribution in [0.1, 0.15) is 58.1 Å². The van der Waals surface area contributed by atoms with Crippen LogP contribution in [0.25, 0.3) is 11.2 Å². The van der Waals surface area contributed by atoms with E-state index < -0.39 is 0 Å². The summed E-state index contributed by atoms with van der Waals surface area (Å²) in [5, 5.41) is 12.9. The number of carbonyl (C=O) groups excluding carboxylic acids is 1. The maximum Gasteiger partial charge on any atom is 0.319 e. The van der Waals surface area contributed by atoms with Crippen molar-refractivity contribution in [1.29, 1.82) is 0 Å². The highest BCUT2D eigenvalue weighted by atomic mass is 16.2. The number of anilines is 2. The van der Waals surface area contributed by atoms with Gasteiger partial charge in [-0.1, -0.05) is 32.9 Å². The molecular formula is C27H42N8O2. The van der Waals surface area contributed by atoms with Crippen LogP contribution in [-0.2, 0) is 5.41 Å². The van der Waals surface area contributed by atoms with E-state index in [1.165, 1.54) is 18.3 Å². The average molecular weight is 511 g/mol. The van der Waals surface area contributed by atoms with Crippen molar-refractivity contribution in [1.82, 2.24) is 29.7 Å². The fraction of sp³-hybridized carbons (Fsp3) is 0.556. The lowest BCUT2D eigenvalue weighted by molar-refractivity contribution is 0.248. The van der Waals surface area contributed by atoms with E-state index in [-0.39, 0.29) is 11.4 Å². The number of imidazole rings is 1. The average Bonchev–Trinajstić information content (AvgIpc) is 3.50. The van der Waals surface area contributed by atoms with Gasteiger partial charge in [0.1, 0.15) is 11.8 Å². The minimum atomic E-state index is -0.160. The Morgan fingerprint density at radius 2 is 1.89 bits per heavy atom. The Bertz CT molecular complexity index is 1140. The number of amides is 2. The first-order valence-corrected chi connectivity index (χ1v) is 12.9. The third-order valence-electron chi connectivity index (χ3n) is 6.87. The highest BCUT2D eigenvalue weighted by Gasteiger charge is 2.28. The van der Waals surface area contributed by atoms with Gasteiger partial charge in [-0.3, -0.25) is 0 Å². The molecule has 2 heterocycles. The van der Waals surface area contributed by atoms with Gasteiger partial charge in [0.2, 0.25) is 0 Å². The lowest BCUT2D eigenvalue weighted by Gasteiger charge is -2.21. The minimum Gasteiger partial charge on any atom is -0.400 e. The number of fused-ring (bicyclic) bond motifs is 1. The van der Waals surface area contributed by atoms with Crippen LogP contribution >= 0.6 is 0 Å². The third kappa shape index (κ3) is 7.62. The first-order chi connectivity index (χ1) is 17.7. The maximum atomic E-state index is 12.2. The summed E-state index contributed by atoms with van der Waals surface area (Å²) in [5.74, 6) is 1.07. The number of hydrogen-bond donors (Lipinski definition) is 4. The molecule has 1 aliphatic rings. The van der Waals surface area contributed by atoms with Gasteiger partial charge in [0.05, 0.1) is 6.33 Å². The fourth-order valence-electron chi connectivity index (χ4n) is 4.92. The molecule has 2 aromatic heterocycles.